The number of hydrogen-bond donors (Lipinski definition) is 1. The molecule has 92 valence electrons. The first-order valence-corrected chi connectivity index (χ1v) is 6.76. The Morgan fingerprint density at radius 2 is 2.35 bits per heavy atom. The fourth-order valence-corrected chi connectivity index (χ4v) is 3.24. The van der Waals surface area contributed by atoms with Gasteiger partial charge in [0.15, 0.2) is 0 Å². The van der Waals surface area contributed by atoms with Crippen LogP contribution in [0.1, 0.15) is 37.1 Å². The van der Waals surface area contributed by atoms with Crippen molar-refractivity contribution in [1.29, 1.82) is 0 Å². The molecule has 2 amide bonds. The first-order chi connectivity index (χ1) is 8.11. The van der Waals surface area contributed by atoms with Gasteiger partial charge in [-0.25, -0.2) is 4.98 Å². The molecule has 1 fully saturated rings. The van der Waals surface area contributed by atoms with Crippen LogP contribution in [0.5, 0.6) is 0 Å². The molecule has 1 N–H and O–H groups in total. The summed E-state index contributed by atoms with van der Waals surface area (Å²) in [5, 5.41) is 3.18. The van der Waals surface area contributed by atoms with Gasteiger partial charge in [0.05, 0.1) is 11.2 Å². The van der Waals surface area contributed by atoms with Crippen LogP contribution in [-0.2, 0) is 9.59 Å². The van der Waals surface area contributed by atoms with E-state index in [2.05, 4.69) is 10.3 Å². The van der Waals surface area contributed by atoms with Crippen molar-refractivity contribution in [2.45, 2.75) is 32.1 Å². The Labute approximate surface area is 108 Å². The van der Waals surface area contributed by atoms with Crippen molar-refractivity contribution >= 4 is 34.8 Å². The molecule has 1 aromatic rings. The Morgan fingerprint density at radius 3 is 2.94 bits per heavy atom. The number of halogens is 1. The predicted molar refractivity (Wildman–Crippen MR) is 66.0 cm³/mol. The van der Waals surface area contributed by atoms with Gasteiger partial charge in [-0.2, -0.15) is 0 Å². The average molecular weight is 273 g/mol. The van der Waals surface area contributed by atoms with E-state index < -0.39 is 0 Å². The van der Waals surface area contributed by atoms with Gasteiger partial charge in [-0.05, 0) is 6.42 Å². The van der Waals surface area contributed by atoms with Gasteiger partial charge in [0.1, 0.15) is 4.34 Å². The third kappa shape index (κ3) is 2.66. The zero-order chi connectivity index (χ0) is 12.4. The maximum Gasteiger partial charge on any atom is 0.230 e. The molecule has 2 unspecified atom stereocenters. The van der Waals surface area contributed by atoms with E-state index in [0.717, 1.165) is 17.8 Å². The van der Waals surface area contributed by atoms with E-state index >= 15 is 0 Å². The monoisotopic (exact) mass is 272 g/mol. The zero-order valence-corrected chi connectivity index (χ0v) is 11.0. The Balaban J connectivity index is 2.26. The summed E-state index contributed by atoms with van der Waals surface area (Å²) < 4.78 is 0.591. The molecule has 0 radical (unpaired) electrons. The van der Waals surface area contributed by atoms with E-state index in [1.54, 1.807) is 6.20 Å². The summed E-state index contributed by atoms with van der Waals surface area (Å²) in [6.07, 6.45) is 3.56. The van der Waals surface area contributed by atoms with Crippen LogP contribution in [0.25, 0.3) is 0 Å². The second-order valence-corrected chi connectivity index (χ2v) is 5.81. The van der Waals surface area contributed by atoms with Gasteiger partial charge in [0.25, 0.3) is 0 Å². The third-order valence-corrected chi connectivity index (χ3v) is 4.15. The summed E-state index contributed by atoms with van der Waals surface area (Å²) in [7, 11) is 0. The lowest BCUT2D eigenvalue weighted by atomic mass is 9.83. The molecule has 1 saturated heterocycles. The Bertz CT molecular complexity index is 446. The Kier molecular flexibility index (Phi) is 3.79. The molecule has 1 aliphatic heterocycles. The van der Waals surface area contributed by atoms with E-state index in [1.165, 1.54) is 11.3 Å². The minimum absolute atomic E-state index is 0.117. The lowest BCUT2D eigenvalue weighted by Gasteiger charge is -2.28. The summed E-state index contributed by atoms with van der Waals surface area (Å²) in [6.45, 7) is 2.02. The van der Waals surface area contributed by atoms with E-state index in [-0.39, 0.29) is 23.7 Å². The number of thiazole rings is 1. The second-order valence-electron chi connectivity index (χ2n) is 4.12. The van der Waals surface area contributed by atoms with Crippen LogP contribution < -0.4 is 5.32 Å². The smallest absolute Gasteiger partial charge is 0.230 e. The quantitative estimate of drug-likeness (QED) is 0.859. The standard InChI is InChI=1S/C11H13ClN2O2S/c1-2-3-6-7(4-9(15)14-10(6)16)11-13-5-8(12)17-11/h5-7H,2-4H2,1H3,(H,14,15,16). The van der Waals surface area contributed by atoms with E-state index in [0.29, 0.717) is 10.8 Å². The van der Waals surface area contributed by atoms with Gasteiger partial charge >= 0.3 is 0 Å². The minimum atomic E-state index is -0.223. The molecule has 2 heterocycles. The fraction of sp³-hybridized carbons (Fsp3) is 0.545. The molecule has 1 aromatic heterocycles. The van der Waals surface area contributed by atoms with Crippen molar-refractivity contribution in [2.75, 3.05) is 0 Å². The van der Waals surface area contributed by atoms with Crippen molar-refractivity contribution in [3.63, 3.8) is 0 Å². The van der Waals surface area contributed by atoms with E-state index in [4.69, 9.17) is 11.6 Å². The van der Waals surface area contributed by atoms with Crippen LogP contribution in [0.2, 0.25) is 4.34 Å². The SMILES string of the molecule is CCCC1C(=O)NC(=O)CC1c1ncc(Cl)s1. The van der Waals surface area contributed by atoms with Crippen molar-refractivity contribution in [3.05, 3.63) is 15.5 Å². The predicted octanol–water partition coefficient (Wildman–Crippen LogP) is 2.34. The number of rotatable bonds is 3. The lowest BCUT2D eigenvalue weighted by molar-refractivity contribution is -0.137. The van der Waals surface area contributed by atoms with Crippen LogP contribution in [-0.4, -0.2) is 16.8 Å². The molecule has 6 heteroatoms. The maximum atomic E-state index is 11.8. The Morgan fingerprint density at radius 1 is 1.59 bits per heavy atom. The number of imide groups is 1. The molecule has 0 aromatic carbocycles. The van der Waals surface area contributed by atoms with Crippen LogP contribution >= 0.6 is 22.9 Å². The van der Waals surface area contributed by atoms with Gasteiger partial charge < -0.3 is 0 Å². The molecule has 0 aliphatic carbocycles. The highest BCUT2D eigenvalue weighted by Crippen LogP contribution is 2.37. The van der Waals surface area contributed by atoms with Crippen molar-refractivity contribution in [1.82, 2.24) is 10.3 Å². The van der Waals surface area contributed by atoms with Crippen LogP contribution in [0.3, 0.4) is 0 Å². The largest absolute Gasteiger partial charge is 0.296 e. The Hall–Kier alpha value is -0.940. The summed E-state index contributed by atoms with van der Waals surface area (Å²) >= 11 is 7.20. The molecular weight excluding hydrogens is 260 g/mol. The minimum Gasteiger partial charge on any atom is -0.296 e. The number of amides is 2. The normalized spacial score (nSPS) is 24.8. The van der Waals surface area contributed by atoms with E-state index in [9.17, 15) is 9.59 Å². The highest BCUT2D eigenvalue weighted by Gasteiger charge is 2.37. The summed E-state index contributed by atoms with van der Waals surface area (Å²) in [4.78, 5) is 27.4. The van der Waals surface area contributed by atoms with Crippen molar-refractivity contribution < 1.29 is 9.59 Å². The number of aromatic nitrogens is 1. The molecular formula is C11H13ClN2O2S. The number of piperidine rings is 1. The van der Waals surface area contributed by atoms with Crippen LogP contribution in [0.4, 0.5) is 0 Å². The lowest BCUT2D eigenvalue weighted by Crippen LogP contribution is -2.44. The van der Waals surface area contributed by atoms with Crippen LogP contribution in [0, 0.1) is 5.92 Å². The third-order valence-electron chi connectivity index (χ3n) is 2.90. The molecule has 0 saturated carbocycles. The average Bonchev–Trinajstić information content (AvgIpc) is 2.68. The number of carbonyl (C=O) groups is 2. The molecule has 17 heavy (non-hydrogen) atoms. The van der Waals surface area contributed by atoms with Gasteiger partial charge in [0.2, 0.25) is 11.8 Å². The molecule has 0 spiro atoms. The first-order valence-electron chi connectivity index (χ1n) is 5.56. The second kappa shape index (κ2) is 5.14. The summed E-state index contributed by atoms with van der Waals surface area (Å²) in [6, 6.07) is 0. The van der Waals surface area contributed by atoms with Gasteiger partial charge in [-0.15, -0.1) is 11.3 Å². The van der Waals surface area contributed by atoms with Crippen LogP contribution in [0.15, 0.2) is 6.20 Å². The zero-order valence-electron chi connectivity index (χ0n) is 9.40. The molecule has 1 aliphatic rings. The maximum absolute atomic E-state index is 11.8. The number of nitrogens with one attached hydrogen (secondary N) is 1. The molecule has 0 bridgehead atoms. The molecule has 2 atom stereocenters. The number of carbonyl (C=O) groups excluding carboxylic acids is 2. The molecule has 2 rings (SSSR count). The molecule has 4 nitrogen and oxygen atoms in total. The van der Waals surface area contributed by atoms with Gasteiger partial charge in [-0.1, -0.05) is 24.9 Å². The van der Waals surface area contributed by atoms with Gasteiger partial charge in [0, 0.05) is 18.3 Å². The summed E-state index contributed by atoms with van der Waals surface area (Å²) in [5.41, 5.74) is 0. The topological polar surface area (TPSA) is 59.1 Å². The van der Waals surface area contributed by atoms with Crippen molar-refractivity contribution in [2.24, 2.45) is 5.92 Å². The number of nitrogens with zero attached hydrogens (tertiary/aromatic N) is 1. The fourth-order valence-electron chi connectivity index (χ4n) is 2.15. The van der Waals surface area contributed by atoms with Gasteiger partial charge in [-0.3, -0.25) is 14.9 Å². The first kappa shape index (κ1) is 12.5. The van der Waals surface area contributed by atoms with E-state index in [1.807, 2.05) is 6.92 Å². The summed E-state index contributed by atoms with van der Waals surface area (Å²) in [5.74, 6) is -0.688. The number of hydrogen-bond acceptors (Lipinski definition) is 4. The highest BCUT2D eigenvalue weighted by molar-refractivity contribution is 7.15. The highest BCUT2D eigenvalue weighted by atomic mass is 35.5. The van der Waals surface area contributed by atoms with Crippen molar-refractivity contribution in [3.8, 4) is 0 Å².